The van der Waals surface area contributed by atoms with Gasteiger partial charge in [-0.15, -0.1) is 0 Å². The van der Waals surface area contributed by atoms with E-state index in [0.717, 1.165) is 41.1 Å². The van der Waals surface area contributed by atoms with Crippen LogP contribution in [0.5, 0.6) is 0 Å². The minimum absolute atomic E-state index is 0.488. The second-order valence-corrected chi connectivity index (χ2v) is 4.31. The van der Waals surface area contributed by atoms with Gasteiger partial charge in [0.25, 0.3) is 0 Å². The van der Waals surface area contributed by atoms with Crippen molar-refractivity contribution < 1.29 is 0 Å². The van der Waals surface area contributed by atoms with Crippen LogP contribution in [0.3, 0.4) is 0 Å². The van der Waals surface area contributed by atoms with Gasteiger partial charge >= 0.3 is 0 Å². The Kier molecular flexibility index (Phi) is 3.99. The van der Waals surface area contributed by atoms with Gasteiger partial charge < -0.3 is 5.73 Å². The molecule has 0 saturated heterocycles. The number of rotatable bonds is 4. The summed E-state index contributed by atoms with van der Waals surface area (Å²) in [5, 5.41) is 0. The van der Waals surface area contributed by atoms with Crippen molar-refractivity contribution in [1.82, 2.24) is 15.0 Å². The van der Waals surface area contributed by atoms with Crippen LogP contribution in [0, 0.1) is 6.92 Å². The van der Waals surface area contributed by atoms with Crippen molar-refractivity contribution in [2.45, 2.75) is 33.2 Å². The van der Waals surface area contributed by atoms with Crippen molar-refractivity contribution in [1.29, 1.82) is 0 Å². The van der Waals surface area contributed by atoms with Crippen LogP contribution in [-0.4, -0.2) is 15.0 Å². The normalized spacial score (nSPS) is 10.6. The Hall–Kier alpha value is -1.81. The van der Waals surface area contributed by atoms with E-state index in [-0.39, 0.29) is 0 Å². The summed E-state index contributed by atoms with van der Waals surface area (Å²) >= 11 is 0. The lowest BCUT2D eigenvalue weighted by Crippen LogP contribution is -2.06. The highest BCUT2D eigenvalue weighted by Gasteiger charge is 2.09. The van der Waals surface area contributed by atoms with E-state index in [2.05, 4.69) is 21.9 Å². The first-order chi connectivity index (χ1) is 8.76. The molecular formula is C14H18N4. The van der Waals surface area contributed by atoms with Crippen molar-refractivity contribution in [3.8, 4) is 11.4 Å². The van der Waals surface area contributed by atoms with Crippen LogP contribution in [0.4, 0.5) is 0 Å². The van der Waals surface area contributed by atoms with Crippen LogP contribution in [-0.2, 0) is 13.0 Å². The van der Waals surface area contributed by atoms with Crippen LogP contribution in [0.1, 0.15) is 30.2 Å². The second-order valence-electron chi connectivity index (χ2n) is 4.31. The minimum Gasteiger partial charge on any atom is -0.326 e. The Bertz CT molecular complexity index is 537. The van der Waals surface area contributed by atoms with Crippen LogP contribution < -0.4 is 5.73 Å². The molecule has 2 aromatic heterocycles. The van der Waals surface area contributed by atoms with E-state index >= 15 is 0 Å². The van der Waals surface area contributed by atoms with Crippen LogP contribution >= 0.6 is 0 Å². The molecule has 2 rings (SSSR count). The molecular weight excluding hydrogens is 224 g/mol. The molecule has 0 saturated carbocycles. The quantitative estimate of drug-likeness (QED) is 0.893. The molecule has 18 heavy (non-hydrogen) atoms. The smallest absolute Gasteiger partial charge is 0.161 e. The van der Waals surface area contributed by atoms with E-state index in [4.69, 9.17) is 5.73 Å². The molecule has 2 aromatic rings. The van der Waals surface area contributed by atoms with Crippen molar-refractivity contribution in [2.75, 3.05) is 0 Å². The molecule has 0 aliphatic rings. The molecule has 94 valence electrons. The van der Waals surface area contributed by atoms with Gasteiger partial charge in [-0.1, -0.05) is 13.3 Å². The molecule has 2 heterocycles. The molecule has 0 spiro atoms. The number of nitrogens with two attached hydrogens (primary N) is 1. The fourth-order valence-electron chi connectivity index (χ4n) is 1.89. The molecule has 0 aliphatic carbocycles. The second kappa shape index (κ2) is 5.69. The van der Waals surface area contributed by atoms with E-state index in [9.17, 15) is 0 Å². The Morgan fingerprint density at radius 1 is 1.28 bits per heavy atom. The molecule has 0 unspecified atom stereocenters. The summed E-state index contributed by atoms with van der Waals surface area (Å²) in [6.07, 6.45) is 7.40. The van der Waals surface area contributed by atoms with Crippen molar-refractivity contribution in [2.24, 2.45) is 5.73 Å². The third kappa shape index (κ3) is 2.54. The molecule has 0 radical (unpaired) electrons. The molecule has 0 fully saturated rings. The maximum absolute atomic E-state index is 5.71. The van der Waals surface area contributed by atoms with Crippen molar-refractivity contribution >= 4 is 0 Å². The van der Waals surface area contributed by atoms with Gasteiger partial charge in [0.2, 0.25) is 0 Å². The standard InChI is InChI=1S/C14H18N4/c1-3-4-13-11(7-15)8-17-14(18-13)12-9-16-6-5-10(12)2/h5-6,8-9H,3-4,7,15H2,1-2H3. The Morgan fingerprint density at radius 2 is 2.11 bits per heavy atom. The number of aromatic nitrogens is 3. The Morgan fingerprint density at radius 3 is 2.78 bits per heavy atom. The first-order valence-electron chi connectivity index (χ1n) is 6.22. The molecule has 4 nitrogen and oxygen atoms in total. The fraction of sp³-hybridized carbons (Fsp3) is 0.357. The van der Waals surface area contributed by atoms with Crippen LogP contribution in [0.2, 0.25) is 0 Å². The maximum Gasteiger partial charge on any atom is 0.161 e. The summed E-state index contributed by atoms with van der Waals surface area (Å²) in [6.45, 7) is 4.66. The van der Waals surface area contributed by atoms with Gasteiger partial charge in [0.05, 0.1) is 0 Å². The largest absolute Gasteiger partial charge is 0.326 e. The van der Waals surface area contributed by atoms with E-state index < -0.39 is 0 Å². The van der Waals surface area contributed by atoms with Crippen molar-refractivity contribution in [3.63, 3.8) is 0 Å². The van der Waals surface area contributed by atoms with Gasteiger partial charge in [0, 0.05) is 42.0 Å². The van der Waals surface area contributed by atoms with Crippen molar-refractivity contribution in [3.05, 3.63) is 41.5 Å². The highest BCUT2D eigenvalue weighted by molar-refractivity contribution is 5.58. The first-order valence-corrected chi connectivity index (χ1v) is 6.22. The summed E-state index contributed by atoms with van der Waals surface area (Å²) in [5.74, 6) is 0.737. The Labute approximate surface area is 107 Å². The monoisotopic (exact) mass is 242 g/mol. The van der Waals surface area contributed by atoms with Gasteiger partial charge in [-0.3, -0.25) is 4.98 Å². The summed E-state index contributed by atoms with van der Waals surface area (Å²) in [7, 11) is 0. The van der Waals surface area contributed by atoms with Gasteiger partial charge in [0.1, 0.15) is 0 Å². The third-order valence-corrected chi connectivity index (χ3v) is 2.94. The zero-order chi connectivity index (χ0) is 13.0. The molecule has 4 heteroatoms. The summed E-state index contributed by atoms with van der Waals surface area (Å²) in [5.41, 5.74) is 9.90. The molecule has 0 aromatic carbocycles. The lowest BCUT2D eigenvalue weighted by atomic mass is 10.1. The van der Waals surface area contributed by atoms with Gasteiger partial charge in [-0.05, 0) is 25.0 Å². The number of aryl methyl sites for hydroxylation is 2. The van der Waals surface area contributed by atoms with E-state index in [1.807, 2.05) is 25.4 Å². The maximum atomic E-state index is 5.71. The summed E-state index contributed by atoms with van der Waals surface area (Å²) < 4.78 is 0. The zero-order valence-electron chi connectivity index (χ0n) is 10.8. The summed E-state index contributed by atoms with van der Waals surface area (Å²) in [6, 6.07) is 1.97. The summed E-state index contributed by atoms with van der Waals surface area (Å²) in [4.78, 5) is 13.2. The predicted octanol–water partition coefficient (Wildman–Crippen LogP) is 2.26. The van der Waals surface area contributed by atoms with Gasteiger partial charge in [0.15, 0.2) is 5.82 Å². The molecule has 2 N–H and O–H groups in total. The third-order valence-electron chi connectivity index (χ3n) is 2.94. The minimum atomic E-state index is 0.488. The highest BCUT2D eigenvalue weighted by atomic mass is 14.9. The average molecular weight is 242 g/mol. The Balaban J connectivity index is 2.47. The first kappa shape index (κ1) is 12.6. The molecule has 0 amide bonds. The van der Waals surface area contributed by atoms with Crippen LogP contribution in [0.15, 0.2) is 24.7 Å². The number of pyridine rings is 1. The number of nitrogens with zero attached hydrogens (tertiary/aromatic N) is 3. The highest BCUT2D eigenvalue weighted by Crippen LogP contribution is 2.19. The van der Waals surface area contributed by atoms with Gasteiger partial charge in [-0.2, -0.15) is 0 Å². The van der Waals surface area contributed by atoms with E-state index in [1.165, 1.54) is 0 Å². The SMILES string of the molecule is CCCc1nc(-c2cnccc2C)ncc1CN. The lowest BCUT2D eigenvalue weighted by Gasteiger charge is -2.09. The molecule has 0 bridgehead atoms. The number of hydrogen-bond donors (Lipinski definition) is 1. The molecule has 0 atom stereocenters. The van der Waals surface area contributed by atoms with E-state index in [1.54, 1.807) is 6.20 Å². The predicted molar refractivity (Wildman–Crippen MR) is 71.9 cm³/mol. The average Bonchev–Trinajstić information content (AvgIpc) is 2.40. The number of hydrogen-bond acceptors (Lipinski definition) is 4. The molecule has 0 aliphatic heterocycles. The fourth-order valence-corrected chi connectivity index (χ4v) is 1.89. The van der Waals surface area contributed by atoms with Crippen LogP contribution in [0.25, 0.3) is 11.4 Å². The lowest BCUT2D eigenvalue weighted by molar-refractivity contribution is 0.840. The zero-order valence-corrected chi connectivity index (χ0v) is 10.8. The van der Waals surface area contributed by atoms with E-state index in [0.29, 0.717) is 6.54 Å². The topological polar surface area (TPSA) is 64.7 Å². The van der Waals surface area contributed by atoms with Gasteiger partial charge in [-0.25, -0.2) is 9.97 Å².